The van der Waals surface area contributed by atoms with Gasteiger partial charge in [-0.1, -0.05) is 11.6 Å². The molecule has 1 heterocycles. The molecule has 1 aliphatic heterocycles. The van der Waals surface area contributed by atoms with Crippen molar-refractivity contribution in [3.8, 4) is 0 Å². The summed E-state index contributed by atoms with van der Waals surface area (Å²) >= 11 is 0. The Hall–Kier alpha value is -1.04. The smallest absolute Gasteiger partial charge is 0.348 e. The second kappa shape index (κ2) is 5.16. The van der Waals surface area contributed by atoms with E-state index >= 15 is 0 Å². The topological polar surface area (TPSA) is 41.1 Å². The summed E-state index contributed by atoms with van der Waals surface area (Å²) in [7, 11) is 0. The first kappa shape index (κ1) is 12.0. The zero-order valence-electron chi connectivity index (χ0n) is 8.16. The van der Waals surface area contributed by atoms with Crippen LogP contribution in [0.3, 0.4) is 0 Å². The minimum absolute atomic E-state index is 0.0458. The average molecular weight is 222 g/mol. The maximum Gasteiger partial charge on any atom is 0.471 e. The maximum atomic E-state index is 11.8. The summed E-state index contributed by atoms with van der Waals surface area (Å²) in [5, 5.41) is 4.94. The van der Waals surface area contributed by atoms with Gasteiger partial charge in [-0.3, -0.25) is 4.79 Å². The van der Waals surface area contributed by atoms with Gasteiger partial charge in [-0.05, 0) is 19.4 Å². The second-order valence-corrected chi connectivity index (χ2v) is 3.32. The molecule has 6 heteroatoms. The molecule has 0 saturated heterocycles. The van der Waals surface area contributed by atoms with Gasteiger partial charge in [0.05, 0.1) is 0 Å². The van der Waals surface area contributed by atoms with Crippen molar-refractivity contribution in [3.05, 3.63) is 11.6 Å². The highest BCUT2D eigenvalue weighted by atomic mass is 19.4. The molecule has 0 aromatic heterocycles. The number of carbonyl (C=O) groups excluding carboxylic acids is 1. The molecule has 0 aromatic carbocycles. The molecule has 1 rings (SSSR count). The molecule has 1 aliphatic rings. The van der Waals surface area contributed by atoms with E-state index in [0.717, 1.165) is 25.1 Å². The molecule has 0 atom stereocenters. The Bertz CT molecular complexity index is 261. The predicted molar refractivity (Wildman–Crippen MR) is 49.3 cm³/mol. The standard InChI is InChI=1S/C9H13F3N2O/c10-9(11,12)8(15)14-6-3-7-1-4-13-5-2-7/h1,13H,2-6H2,(H,14,15). The zero-order valence-corrected chi connectivity index (χ0v) is 8.16. The molecule has 0 saturated carbocycles. The van der Waals surface area contributed by atoms with Gasteiger partial charge in [-0.2, -0.15) is 13.2 Å². The van der Waals surface area contributed by atoms with Crippen molar-refractivity contribution in [2.24, 2.45) is 0 Å². The van der Waals surface area contributed by atoms with E-state index in [0.29, 0.717) is 6.42 Å². The maximum absolute atomic E-state index is 11.8. The van der Waals surface area contributed by atoms with Crippen LogP contribution in [-0.2, 0) is 4.79 Å². The van der Waals surface area contributed by atoms with Crippen LogP contribution < -0.4 is 10.6 Å². The Kier molecular flexibility index (Phi) is 4.14. The van der Waals surface area contributed by atoms with Crippen LogP contribution in [0.1, 0.15) is 12.8 Å². The van der Waals surface area contributed by atoms with E-state index in [1.54, 1.807) is 0 Å². The number of alkyl halides is 3. The number of hydrogen-bond donors (Lipinski definition) is 2. The van der Waals surface area contributed by atoms with Crippen LogP contribution in [0.25, 0.3) is 0 Å². The monoisotopic (exact) mass is 222 g/mol. The van der Waals surface area contributed by atoms with Crippen molar-refractivity contribution < 1.29 is 18.0 Å². The van der Waals surface area contributed by atoms with Crippen LogP contribution >= 0.6 is 0 Å². The van der Waals surface area contributed by atoms with Crippen LogP contribution in [0.4, 0.5) is 13.2 Å². The van der Waals surface area contributed by atoms with Gasteiger partial charge in [-0.15, -0.1) is 0 Å². The third kappa shape index (κ3) is 4.33. The fourth-order valence-corrected chi connectivity index (χ4v) is 1.33. The van der Waals surface area contributed by atoms with Crippen LogP contribution in [-0.4, -0.2) is 31.7 Å². The molecule has 2 N–H and O–H groups in total. The van der Waals surface area contributed by atoms with Gasteiger partial charge in [-0.25, -0.2) is 0 Å². The summed E-state index contributed by atoms with van der Waals surface area (Å²) in [6.45, 7) is 1.64. The van der Waals surface area contributed by atoms with Gasteiger partial charge >= 0.3 is 12.1 Å². The van der Waals surface area contributed by atoms with Crippen molar-refractivity contribution in [1.82, 2.24) is 10.6 Å². The lowest BCUT2D eigenvalue weighted by atomic mass is 10.1. The highest BCUT2D eigenvalue weighted by Gasteiger charge is 2.38. The van der Waals surface area contributed by atoms with E-state index in [-0.39, 0.29) is 6.54 Å². The van der Waals surface area contributed by atoms with Crippen molar-refractivity contribution in [3.63, 3.8) is 0 Å². The molecule has 0 spiro atoms. The molecule has 3 nitrogen and oxygen atoms in total. The molecule has 0 fully saturated rings. The Labute approximate surface area is 85.7 Å². The Balaban J connectivity index is 2.21. The molecule has 1 amide bonds. The quantitative estimate of drug-likeness (QED) is 0.699. The number of amides is 1. The van der Waals surface area contributed by atoms with Gasteiger partial charge in [0, 0.05) is 13.1 Å². The lowest BCUT2D eigenvalue weighted by Crippen LogP contribution is -2.37. The van der Waals surface area contributed by atoms with Crippen molar-refractivity contribution in [2.75, 3.05) is 19.6 Å². The molecular weight excluding hydrogens is 209 g/mol. The highest BCUT2D eigenvalue weighted by molar-refractivity contribution is 5.81. The molecule has 0 bridgehead atoms. The van der Waals surface area contributed by atoms with Crippen molar-refractivity contribution in [2.45, 2.75) is 19.0 Å². The van der Waals surface area contributed by atoms with Gasteiger partial charge in [0.1, 0.15) is 0 Å². The van der Waals surface area contributed by atoms with E-state index in [1.165, 1.54) is 0 Å². The molecule has 0 aliphatic carbocycles. The molecule has 86 valence electrons. The fraction of sp³-hybridized carbons (Fsp3) is 0.667. The van der Waals surface area contributed by atoms with Gasteiger partial charge in [0.2, 0.25) is 0 Å². The number of halogens is 3. The zero-order chi connectivity index (χ0) is 11.3. The molecule has 0 unspecified atom stereocenters. The molecule has 0 radical (unpaired) electrons. The summed E-state index contributed by atoms with van der Waals surface area (Å²) in [5.74, 6) is -1.86. The third-order valence-corrected chi connectivity index (χ3v) is 2.15. The Morgan fingerprint density at radius 1 is 1.53 bits per heavy atom. The number of carbonyl (C=O) groups is 1. The first-order valence-electron chi connectivity index (χ1n) is 4.74. The fourth-order valence-electron chi connectivity index (χ4n) is 1.33. The molecular formula is C9H13F3N2O. The van der Waals surface area contributed by atoms with E-state index in [9.17, 15) is 18.0 Å². The first-order valence-corrected chi connectivity index (χ1v) is 4.74. The number of rotatable bonds is 3. The lowest BCUT2D eigenvalue weighted by Gasteiger charge is -2.14. The van der Waals surface area contributed by atoms with Gasteiger partial charge in [0.25, 0.3) is 0 Å². The van der Waals surface area contributed by atoms with Crippen LogP contribution in [0.15, 0.2) is 11.6 Å². The van der Waals surface area contributed by atoms with Crippen LogP contribution in [0.5, 0.6) is 0 Å². The third-order valence-electron chi connectivity index (χ3n) is 2.15. The average Bonchev–Trinajstić information content (AvgIpc) is 2.18. The van der Waals surface area contributed by atoms with Crippen molar-refractivity contribution in [1.29, 1.82) is 0 Å². The van der Waals surface area contributed by atoms with E-state index in [4.69, 9.17) is 0 Å². The SMILES string of the molecule is O=C(NCCC1=CCNCC1)C(F)(F)F. The summed E-state index contributed by atoms with van der Waals surface area (Å²) in [6, 6.07) is 0. The van der Waals surface area contributed by atoms with Gasteiger partial charge < -0.3 is 10.6 Å². The minimum atomic E-state index is -4.78. The van der Waals surface area contributed by atoms with Gasteiger partial charge in [0.15, 0.2) is 0 Å². The van der Waals surface area contributed by atoms with E-state index in [1.807, 2.05) is 11.4 Å². The Morgan fingerprint density at radius 2 is 2.27 bits per heavy atom. The highest BCUT2D eigenvalue weighted by Crippen LogP contribution is 2.14. The molecule has 15 heavy (non-hydrogen) atoms. The van der Waals surface area contributed by atoms with E-state index in [2.05, 4.69) is 5.32 Å². The lowest BCUT2D eigenvalue weighted by molar-refractivity contribution is -0.173. The Morgan fingerprint density at radius 3 is 2.80 bits per heavy atom. The first-order chi connectivity index (χ1) is 7.00. The molecule has 0 aromatic rings. The normalized spacial score (nSPS) is 17.1. The number of nitrogens with one attached hydrogen (secondary N) is 2. The second-order valence-electron chi connectivity index (χ2n) is 3.32. The van der Waals surface area contributed by atoms with Crippen molar-refractivity contribution >= 4 is 5.91 Å². The largest absolute Gasteiger partial charge is 0.471 e. The summed E-state index contributed by atoms with van der Waals surface area (Å²) < 4.78 is 35.3. The minimum Gasteiger partial charge on any atom is -0.348 e. The van der Waals surface area contributed by atoms with Crippen LogP contribution in [0, 0.1) is 0 Å². The van der Waals surface area contributed by atoms with E-state index < -0.39 is 12.1 Å². The summed E-state index contributed by atoms with van der Waals surface area (Å²) in [6.07, 6.45) is -1.50. The predicted octanol–water partition coefficient (Wildman–Crippen LogP) is 0.975. The number of hydrogen-bond acceptors (Lipinski definition) is 2. The summed E-state index contributed by atoms with van der Waals surface area (Å²) in [4.78, 5) is 10.4. The summed E-state index contributed by atoms with van der Waals surface area (Å²) in [5.41, 5.74) is 1.09. The van der Waals surface area contributed by atoms with Crippen LogP contribution in [0.2, 0.25) is 0 Å².